The van der Waals surface area contributed by atoms with Crippen molar-refractivity contribution < 1.29 is 0 Å². The maximum Gasteiger partial charge on any atom is 0.0718 e. The summed E-state index contributed by atoms with van der Waals surface area (Å²) in [5.41, 5.74) is 8.91. The summed E-state index contributed by atoms with van der Waals surface area (Å²) in [4.78, 5) is 0. The van der Waals surface area contributed by atoms with Crippen LogP contribution in [-0.4, -0.2) is 15.8 Å². The van der Waals surface area contributed by atoms with Gasteiger partial charge in [-0.2, -0.15) is 5.10 Å². The predicted octanol–water partition coefficient (Wildman–Crippen LogP) is 2.63. The van der Waals surface area contributed by atoms with Crippen LogP contribution in [0, 0.1) is 0 Å². The summed E-state index contributed by atoms with van der Waals surface area (Å²) in [6, 6.07) is 7.88. The lowest BCUT2D eigenvalue weighted by molar-refractivity contribution is 0.686. The van der Waals surface area contributed by atoms with E-state index in [0.717, 1.165) is 28.3 Å². The van der Waals surface area contributed by atoms with Crippen molar-refractivity contribution in [1.82, 2.24) is 9.78 Å². The number of aryl methyl sites for hydroxylation is 1. The van der Waals surface area contributed by atoms with Crippen molar-refractivity contribution in [2.24, 2.45) is 12.8 Å². The van der Waals surface area contributed by atoms with E-state index in [0.29, 0.717) is 0 Å². The molecule has 1 heterocycles. The molecule has 4 heteroatoms. The van der Waals surface area contributed by atoms with Crippen LogP contribution in [0.25, 0.3) is 11.1 Å². The first-order valence-electron chi connectivity index (χ1n) is 5.61. The van der Waals surface area contributed by atoms with Crippen LogP contribution in [0.4, 0.5) is 0 Å². The molecular formula is C13H16ClN3. The van der Waals surface area contributed by atoms with Gasteiger partial charge in [-0.3, -0.25) is 4.68 Å². The summed E-state index contributed by atoms with van der Waals surface area (Å²) in [5.74, 6) is 0. The van der Waals surface area contributed by atoms with Gasteiger partial charge in [0.05, 0.1) is 5.69 Å². The van der Waals surface area contributed by atoms with E-state index in [4.69, 9.17) is 17.3 Å². The van der Waals surface area contributed by atoms with Gasteiger partial charge in [-0.1, -0.05) is 29.8 Å². The molecule has 0 aliphatic heterocycles. The number of nitrogens with zero attached hydrogens (tertiary/aromatic N) is 2. The molecule has 0 radical (unpaired) electrons. The van der Waals surface area contributed by atoms with E-state index >= 15 is 0 Å². The van der Waals surface area contributed by atoms with Gasteiger partial charge in [-0.05, 0) is 13.0 Å². The lowest BCUT2D eigenvalue weighted by Crippen LogP contribution is -2.18. The maximum atomic E-state index is 6.21. The molecule has 2 N–H and O–H groups in total. The highest BCUT2D eigenvalue weighted by Gasteiger charge is 2.13. The molecule has 90 valence electrons. The van der Waals surface area contributed by atoms with E-state index in [1.165, 1.54) is 0 Å². The Morgan fingerprint density at radius 3 is 2.71 bits per heavy atom. The third-order valence-corrected chi connectivity index (χ3v) is 2.91. The minimum atomic E-state index is 0.0890. The second kappa shape index (κ2) is 4.90. The van der Waals surface area contributed by atoms with E-state index in [1.54, 1.807) is 4.68 Å². The molecule has 0 fully saturated rings. The molecule has 17 heavy (non-hydrogen) atoms. The Morgan fingerprint density at radius 1 is 1.35 bits per heavy atom. The number of hydrogen-bond donors (Lipinski definition) is 1. The monoisotopic (exact) mass is 249 g/mol. The van der Waals surface area contributed by atoms with Gasteiger partial charge < -0.3 is 5.73 Å². The van der Waals surface area contributed by atoms with Gasteiger partial charge >= 0.3 is 0 Å². The third kappa shape index (κ3) is 2.68. The molecule has 3 nitrogen and oxygen atoms in total. The lowest BCUT2D eigenvalue weighted by Gasteiger charge is -2.06. The SMILES string of the molecule is CC(N)Cc1nn(C)cc1-c1ccccc1Cl. The molecule has 2 aromatic rings. The molecule has 0 spiro atoms. The standard InChI is InChI=1S/C13H16ClN3/c1-9(15)7-13-11(8-17(2)16-13)10-5-3-4-6-12(10)14/h3-6,8-9H,7,15H2,1-2H3. The molecule has 0 saturated heterocycles. The van der Waals surface area contributed by atoms with Crippen LogP contribution in [0.3, 0.4) is 0 Å². The third-order valence-electron chi connectivity index (χ3n) is 2.58. The molecular weight excluding hydrogens is 234 g/mol. The fourth-order valence-electron chi connectivity index (χ4n) is 1.89. The Labute approximate surface area is 106 Å². The number of halogens is 1. The Balaban J connectivity index is 2.48. The number of rotatable bonds is 3. The van der Waals surface area contributed by atoms with Gasteiger partial charge in [-0.15, -0.1) is 0 Å². The molecule has 0 bridgehead atoms. The largest absolute Gasteiger partial charge is 0.328 e. The van der Waals surface area contributed by atoms with E-state index < -0.39 is 0 Å². The minimum absolute atomic E-state index is 0.0890. The average Bonchev–Trinajstić information content (AvgIpc) is 2.59. The van der Waals surface area contributed by atoms with Gasteiger partial charge in [0.15, 0.2) is 0 Å². The van der Waals surface area contributed by atoms with E-state index in [-0.39, 0.29) is 6.04 Å². The second-order valence-corrected chi connectivity index (χ2v) is 4.73. The van der Waals surface area contributed by atoms with Crippen molar-refractivity contribution in [3.63, 3.8) is 0 Å². The normalized spacial score (nSPS) is 12.7. The second-order valence-electron chi connectivity index (χ2n) is 4.32. The minimum Gasteiger partial charge on any atom is -0.328 e. The lowest BCUT2D eigenvalue weighted by atomic mass is 10.0. The van der Waals surface area contributed by atoms with Crippen molar-refractivity contribution >= 4 is 11.6 Å². The van der Waals surface area contributed by atoms with Crippen LogP contribution in [-0.2, 0) is 13.5 Å². The summed E-state index contributed by atoms with van der Waals surface area (Å²) in [5, 5.41) is 5.19. The predicted molar refractivity (Wildman–Crippen MR) is 71.0 cm³/mol. The number of hydrogen-bond acceptors (Lipinski definition) is 2. The Hall–Kier alpha value is -1.32. The van der Waals surface area contributed by atoms with Crippen LogP contribution >= 0.6 is 11.6 Å². The first-order chi connectivity index (χ1) is 8.08. The fourth-order valence-corrected chi connectivity index (χ4v) is 2.13. The van der Waals surface area contributed by atoms with Gasteiger partial charge in [0.1, 0.15) is 0 Å². The first-order valence-corrected chi connectivity index (χ1v) is 5.98. The van der Waals surface area contributed by atoms with Crippen molar-refractivity contribution in [3.8, 4) is 11.1 Å². The zero-order chi connectivity index (χ0) is 12.4. The molecule has 1 unspecified atom stereocenters. The average molecular weight is 250 g/mol. The fraction of sp³-hybridized carbons (Fsp3) is 0.308. The Kier molecular flexibility index (Phi) is 3.50. The molecule has 1 aromatic heterocycles. The van der Waals surface area contributed by atoms with Crippen molar-refractivity contribution in [1.29, 1.82) is 0 Å². The molecule has 0 amide bonds. The summed E-state index contributed by atoms with van der Waals surface area (Å²) in [6.45, 7) is 1.98. The topological polar surface area (TPSA) is 43.8 Å². The highest BCUT2D eigenvalue weighted by atomic mass is 35.5. The maximum absolute atomic E-state index is 6.21. The van der Waals surface area contributed by atoms with Crippen LogP contribution < -0.4 is 5.73 Å². The highest BCUT2D eigenvalue weighted by Crippen LogP contribution is 2.30. The van der Waals surface area contributed by atoms with Crippen molar-refractivity contribution in [3.05, 3.63) is 41.2 Å². The molecule has 0 saturated carbocycles. The molecule has 2 rings (SSSR count). The van der Waals surface area contributed by atoms with Gasteiger partial charge in [0.2, 0.25) is 0 Å². The summed E-state index contributed by atoms with van der Waals surface area (Å²) in [7, 11) is 1.91. The van der Waals surface area contributed by atoms with Crippen LogP contribution in [0.2, 0.25) is 5.02 Å². The van der Waals surface area contributed by atoms with Crippen LogP contribution in [0.15, 0.2) is 30.5 Å². The summed E-state index contributed by atoms with van der Waals surface area (Å²) < 4.78 is 1.80. The first kappa shape index (κ1) is 12.1. The van der Waals surface area contributed by atoms with Gasteiger partial charge in [0, 0.05) is 41.9 Å². The molecule has 0 aliphatic carbocycles. The number of nitrogens with two attached hydrogens (primary N) is 1. The van der Waals surface area contributed by atoms with Gasteiger partial charge in [0.25, 0.3) is 0 Å². The highest BCUT2D eigenvalue weighted by molar-refractivity contribution is 6.33. The summed E-state index contributed by atoms with van der Waals surface area (Å²) in [6.07, 6.45) is 2.74. The van der Waals surface area contributed by atoms with Crippen LogP contribution in [0.5, 0.6) is 0 Å². The van der Waals surface area contributed by atoms with Crippen LogP contribution in [0.1, 0.15) is 12.6 Å². The smallest absolute Gasteiger partial charge is 0.0718 e. The quantitative estimate of drug-likeness (QED) is 0.909. The summed E-state index contributed by atoms with van der Waals surface area (Å²) >= 11 is 6.21. The number of benzene rings is 1. The van der Waals surface area contributed by atoms with Gasteiger partial charge in [-0.25, -0.2) is 0 Å². The Bertz CT molecular complexity index is 517. The number of aromatic nitrogens is 2. The zero-order valence-corrected chi connectivity index (χ0v) is 10.8. The molecule has 1 atom stereocenters. The Morgan fingerprint density at radius 2 is 2.06 bits per heavy atom. The van der Waals surface area contributed by atoms with E-state index in [2.05, 4.69) is 5.10 Å². The van der Waals surface area contributed by atoms with Crippen molar-refractivity contribution in [2.45, 2.75) is 19.4 Å². The van der Waals surface area contributed by atoms with E-state index in [9.17, 15) is 0 Å². The zero-order valence-electron chi connectivity index (χ0n) is 10.0. The van der Waals surface area contributed by atoms with Crippen molar-refractivity contribution in [2.75, 3.05) is 0 Å². The molecule has 0 aliphatic rings. The van der Waals surface area contributed by atoms with E-state index in [1.807, 2.05) is 44.4 Å². The molecule has 1 aromatic carbocycles.